The Balaban J connectivity index is 1.36. The van der Waals surface area contributed by atoms with Crippen LogP contribution in [0.1, 0.15) is 15.2 Å². The van der Waals surface area contributed by atoms with Gasteiger partial charge in [0.25, 0.3) is 0 Å². The molecule has 0 aliphatic carbocycles. The molecule has 34 heavy (non-hydrogen) atoms. The molecule has 1 aliphatic rings. The highest BCUT2D eigenvalue weighted by molar-refractivity contribution is 7.99. The first kappa shape index (κ1) is 23.2. The summed E-state index contributed by atoms with van der Waals surface area (Å²) in [6.45, 7) is 6.76. The van der Waals surface area contributed by atoms with Gasteiger partial charge < -0.3 is 9.30 Å². The lowest BCUT2D eigenvalue weighted by molar-refractivity contribution is 0.0361. The van der Waals surface area contributed by atoms with Crippen LogP contribution >= 0.6 is 23.1 Å². The minimum absolute atomic E-state index is 0.0924. The van der Waals surface area contributed by atoms with Crippen LogP contribution in [0.3, 0.4) is 0 Å². The minimum Gasteiger partial charge on any atom is -0.379 e. The maximum absolute atomic E-state index is 13.5. The molecule has 0 spiro atoms. The Morgan fingerprint density at radius 2 is 1.85 bits per heavy atom. The van der Waals surface area contributed by atoms with Crippen LogP contribution in [-0.2, 0) is 11.3 Å². The van der Waals surface area contributed by atoms with Gasteiger partial charge in [0, 0.05) is 36.4 Å². The van der Waals surface area contributed by atoms with Gasteiger partial charge >= 0.3 is 0 Å². The summed E-state index contributed by atoms with van der Waals surface area (Å²) in [5.41, 5.74) is 1.83. The Morgan fingerprint density at radius 3 is 2.62 bits per heavy atom. The maximum atomic E-state index is 13.5. The van der Waals surface area contributed by atoms with Crippen LogP contribution in [0.4, 0.5) is 4.39 Å². The molecule has 9 heteroatoms. The van der Waals surface area contributed by atoms with Gasteiger partial charge in [-0.3, -0.25) is 9.69 Å². The lowest BCUT2D eigenvalue weighted by Crippen LogP contribution is -2.38. The van der Waals surface area contributed by atoms with Crippen molar-refractivity contribution in [1.82, 2.24) is 19.7 Å². The number of Topliss-reactive ketones (excluding diaryl/α,β-unsaturated/α-hetero) is 1. The van der Waals surface area contributed by atoms with Crippen molar-refractivity contribution in [2.45, 2.75) is 18.6 Å². The second-order valence-electron chi connectivity index (χ2n) is 8.18. The van der Waals surface area contributed by atoms with Crippen molar-refractivity contribution in [3.8, 4) is 11.4 Å². The lowest BCUT2D eigenvalue weighted by Gasteiger charge is -2.27. The monoisotopic (exact) mass is 496 g/mol. The average molecular weight is 497 g/mol. The zero-order valence-corrected chi connectivity index (χ0v) is 20.5. The van der Waals surface area contributed by atoms with Crippen molar-refractivity contribution < 1.29 is 13.9 Å². The topological polar surface area (TPSA) is 60.2 Å². The molecule has 0 saturated carbocycles. The molecule has 4 aromatic rings. The fourth-order valence-corrected chi connectivity index (χ4v) is 6.19. The van der Waals surface area contributed by atoms with Gasteiger partial charge in [-0.15, -0.1) is 21.5 Å². The quantitative estimate of drug-likeness (QED) is 0.255. The van der Waals surface area contributed by atoms with Crippen molar-refractivity contribution in [3.63, 3.8) is 0 Å². The third kappa shape index (κ3) is 4.93. The molecule has 0 atom stereocenters. The summed E-state index contributed by atoms with van der Waals surface area (Å²) in [6.07, 6.45) is 0. The predicted molar refractivity (Wildman–Crippen MR) is 134 cm³/mol. The van der Waals surface area contributed by atoms with Crippen molar-refractivity contribution >= 4 is 39.0 Å². The zero-order valence-electron chi connectivity index (χ0n) is 18.9. The number of halogens is 1. The number of morpholine rings is 1. The van der Waals surface area contributed by atoms with Crippen LogP contribution < -0.4 is 0 Å². The van der Waals surface area contributed by atoms with Crippen LogP contribution in [0.5, 0.6) is 0 Å². The number of aromatic nitrogens is 3. The number of aryl methyl sites for hydroxylation is 1. The Kier molecular flexibility index (Phi) is 7.05. The molecule has 5 rings (SSSR count). The van der Waals surface area contributed by atoms with Gasteiger partial charge in [-0.1, -0.05) is 30.0 Å². The van der Waals surface area contributed by atoms with Crippen molar-refractivity contribution in [3.05, 3.63) is 64.8 Å². The molecule has 0 unspecified atom stereocenters. The first-order chi connectivity index (χ1) is 16.6. The highest BCUT2D eigenvalue weighted by Crippen LogP contribution is 2.32. The number of fused-ring (bicyclic) bond motifs is 1. The number of hydrogen-bond acceptors (Lipinski definition) is 7. The summed E-state index contributed by atoms with van der Waals surface area (Å²) >= 11 is 2.95. The number of ether oxygens (including phenoxy) is 1. The number of rotatable bonds is 8. The highest BCUT2D eigenvalue weighted by atomic mass is 32.2. The first-order valence-corrected chi connectivity index (χ1v) is 13.0. The molecule has 0 amide bonds. The molecule has 0 N–H and O–H groups in total. The summed E-state index contributed by atoms with van der Waals surface area (Å²) in [7, 11) is 0. The third-order valence-electron chi connectivity index (χ3n) is 5.99. The Bertz CT molecular complexity index is 1300. The Hall–Kier alpha value is -2.59. The normalized spacial score (nSPS) is 14.6. The van der Waals surface area contributed by atoms with E-state index in [0.717, 1.165) is 58.9 Å². The fraction of sp³-hybridized carbons (Fsp3) is 0.320. The summed E-state index contributed by atoms with van der Waals surface area (Å²) < 4.78 is 22.1. The number of carbonyl (C=O) groups excluding carboxylic acids is 1. The van der Waals surface area contributed by atoms with E-state index in [9.17, 15) is 9.18 Å². The van der Waals surface area contributed by atoms with Crippen LogP contribution in [0.2, 0.25) is 0 Å². The van der Waals surface area contributed by atoms with Gasteiger partial charge in [-0.25, -0.2) is 4.39 Å². The number of hydrogen-bond donors (Lipinski definition) is 0. The second kappa shape index (κ2) is 10.4. The van der Waals surface area contributed by atoms with Gasteiger partial charge in [-0.2, -0.15) is 0 Å². The van der Waals surface area contributed by atoms with E-state index in [-0.39, 0.29) is 17.4 Å². The molecule has 0 radical (unpaired) electrons. The van der Waals surface area contributed by atoms with Crippen molar-refractivity contribution in [1.29, 1.82) is 0 Å². The maximum Gasteiger partial charge on any atom is 0.191 e. The number of ketones is 1. The summed E-state index contributed by atoms with van der Waals surface area (Å²) in [5, 5.41) is 10.6. The van der Waals surface area contributed by atoms with E-state index >= 15 is 0 Å². The lowest BCUT2D eigenvalue weighted by atomic mass is 10.1. The van der Waals surface area contributed by atoms with Gasteiger partial charge in [0.05, 0.1) is 23.8 Å². The largest absolute Gasteiger partial charge is 0.379 e. The minimum atomic E-state index is -0.290. The van der Waals surface area contributed by atoms with Crippen LogP contribution in [0.15, 0.2) is 53.7 Å². The zero-order chi connectivity index (χ0) is 23.5. The van der Waals surface area contributed by atoms with Gasteiger partial charge in [0.1, 0.15) is 5.82 Å². The predicted octanol–water partition coefficient (Wildman–Crippen LogP) is 4.91. The molecule has 6 nitrogen and oxygen atoms in total. The Labute approximate surface area is 205 Å². The van der Waals surface area contributed by atoms with Crippen molar-refractivity contribution in [2.75, 3.05) is 38.6 Å². The average Bonchev–Trinajstić information content (AvgIpc) is 3.43. The van der Waals surface area contributed by atoms with Crippen LogP contribution in [0, 0.1) is 12.7 Å². The fourth-order valence-electron chi connectivity index (χ4n) is 4.11. The van der Waals surface area contributed by atoms with E-state index in [1.165, 1.54) is 23.9 Å². The number of thioether (sulfide) groups is 1. The van der Waals surface area contributed by atoms with Gasteiger partial charge in [-0.05, 0) is 48.2 Å². The van der Waals surface area contributed by atoms with E-state index in [0.29, 0.717) is 17.5 Å². The molecule has 176 valence electrons. The third-order valence-corrected chi connectivity index (χ3v) is 8.27. The van der Waals surface area contributed by atoms with Gasteiger partial charge in [0.2, 0.25) is 0 Å². The number of thiophene rings is 1. The Morgan fingerprint density at radius 1 is 1.09 bits per heavy atom. The molecule has 2 aromatic heterocycles. The molecule has 1 saturated heterocycles. The van der Waals surface area contributed by atoms with Gasteiger partial charge in [0.15, 0.2) is 16.8 Å². The number of nitrogens with zero attached hydrogens (tertiary/aromatic N) is 4. The van der Waals surface area contributed by atoms with Crippen molar-refractivity contribution in [2.24, 2.45) is 0 Å². The molecule has 3 heterocycles. The number of benzene rings is 2. The SMILES string of the molecule is Cc1c(C(=O)CSc2nnc(-c3ccc(F)cc3)n2CCN2CCOCC2)sc2ccccc12. The summed E-state index contributed by atoms with van der Waals surface area (Å²) in [5.74, 6) is 0.769. The smallest absolute Gasteiger partial charge is 0.191 e. The van der Waals surface area contributed by atoms with E-state index < -0.39 is 0 Å². The first-order valence-electron chi connectivity index (χ1n) is 11.2. The summed E-state index contributed by atoms with van der Waals surface area (Å²) in [6, 6.07) is 14.4. The molecule has 1 aliphatic heterocycles. The van der Waals surface area contributed by atoms with E-state index in [1.807, 2.05) is 29.7 Å². The molecule has 0 bridgehead atoms. The highest BCUT2D eigenvalue weighted by Gasteiger charge is 2.20. The molecule has 1 fully saturated rings. The summed E-state index contributed by atoms with van der Waals surface area (Å²) in [4.78, 5) is 16.3. The van der Waals surface area contributed by atoms with Crippen LogP contribution in [-0.4, -0.2) is 64.0 Å². The molecular weight excluding hydrogens is 471 g/mol. The van der Waals surface area contributed by atoms with E-state index in [4.69, 9.17) is 4.74 Å². The van der Waals surface area contributed by atoms with E-state index in [1.54, 1.807) is 23.5 Å². The van der Waals surface area contributed by atoms with Crippen LogP contribution in [0.25, 0.3) is 21.5 Å². The molecular formula is C25H25FN4O2S2. The second-order valence-corrected chi connectivity index (χ2v) is 10.2. The number of carbonyl (C=O) groups is 1. The van der Waals surface area contributed by atoms with E-state index in [2.05, 4.69) is 21.2 Å². The standard InChI is InChI=1S/C25H25FN4O2S2/c1-17-20-4-2-3-5-22(20)34-23(17)21(31)16-33-25-28-27-24(18-6-8-19(26)9-7-18)30(25)11-10-29-12-14-32-15-13-29/h2-9H,10-16H2,1H3. The molecule has 2 aromatic carbocycles.